The van der Waals surface area contributed by atoms with Gasteiger partial charge in [-0.1, -0.05) is 30.3 Å². The van der Waals surface area contributed by atoms with Crippen LogP contribution < -0.4 is 14.9 Å². The molecule has 0 aliphatic heterocycles. The van der Waals surface area contributed by atoms with Crippen LogP contribution in [-0.4, -0.2) is 21.5 Å². The van der Waals surface area contributed by atoms with Crippen molar-refractivity contribution in [3.8, 4) is 5.75 Å². The monoisotopic (exact) mass is 418 g/mol. The molecule has 0 saturated carbocycles. The van der Waals surface area contributed by atoms with Gasteiger partial charge in [0, 0.05) is 10.8 Å². The summed E-state index contributed by atoms with van der Waals surface area (Å²) in [6.07, 6.45) is 0. The summed E-state index contributed by atoms with van der Waals surface area (Å²) in [5.41, 5.74) is 1.05. The zero-order chi connectivity index (χ0) is 20.1. The van der Waals surface area contributed by atoms with Crippen LogP contribution >= 0.6 is 11.3 Å². The molecule has 0 amide bonds. The summed E-state index contributed by atoms with van der Waals surface area (Å²) >= 11 is 1.18. The highest BCUT2D eigenvalue weighted by atomic mass is 32.2. The van der Waals surface area contributed by atoms with Gasteiger partial charge in [0.15, 0.2) is 0 Å². The molecule has 0 aliphatic rings. The molecule has 2 N–H and O–H groups in total. The SMILES string of the molecule is COc1ccc(S(=O)(=O)N(Cc2ccccc2)c2cscc2C(=O)ON)cc1. The highest BCUT2D eigenvalue weighted by Crippen LogP contribution is 2.32. The lowest BCUT2D eigenvalue weighted by Gasteiger charge is -2.24. The third-order valence-corrected chi connectivity index (χ3v) is 6.56. The molecule has 7 nitrogen and oxygen atoms in total. The predicted molar refractivity (Wildman–Crippen MR) is 107 cm³/mol. The van der Waals surface area contributed by atoms with Crippen LogP contribution in [0.15, 0.2) is 70.3 Å². The molecule has 28 heavy (non-hydrogen) atoms. The van der Waals surface area contributed by atoms with Crippen LogP contribution in [0.4, 0.5) is 5.69 Å². The van der Waals surface area contributed by atoms with Crippen LogP contribution in [0.25, 0.3) is 0 Å². The van der Waals surface area contributed by atoms with Gasteiger partial charge in [-0.2, -0.15) is 5.90 Å². The van der Waals surface area contributed by atoms with Gasteiger partial charge in [0.25, 0.3) is 10.0 Å². The first-order valence-corrected chi connectivity index (χ1v) is 10.5. The number of carbonyl (C=O) groups is 1. The number of benzene rings is 2. The van der Waals surface area contributed by atoms with Gasteiger partial charge < -0.3 is 9.57 Å². The second kappa shape index (κ2) is 8.42. The zero-order valence-electron chi connectivity index (χ0n) is 14.9. The summed E-state index contributed by atoms with van der Waals surface area (Å²) in [5.74, 6) is 4.74. The number of anilines is 1. The number of nitrogens with zero attached hydrogens (tertiary/aromatic N) is 1. The Hall–Kier alpha value is -2.88. The number of hydrogen-bond acceptors (Lipinski definition) is 7. The molecule has 2 aromatic carbocycles. The van der Waals surface area contributed by atoms with Crippen molar-refractivity contribution in [2.24, 2.45) is 5.90 Å². The van der Waals surface area contributed by atoms with E-state index in [0.717, 1.165) is 5.56 Å². The Kier molecular flexibility index (Phi) is 5.98. The maximum absolute atomic E-state index is 13.4. The Morgan fingerprint density at radius 2 is 1.75 bits per heavy atom. The van der Waals surface area contributed by atoms with Crippen molar-refractivity contribution < 1.29 is 22.8 Å². The highest BCUT2D eigenvalue weighted by molar-refractivity contribution is 7.92. The Morgan fingerprint density at radius 1 is 1.07 bits per heavy atom. The maximum atomic E-state index is 13.4. The number of rotatable bonds is 7. The Balaban J connectivity index is 2.10. The minimum atomic E-state index is -3.98. The average molecular weight is 418 g/mol. The van der Waals surface area contributed by atoms with Crippen LogP contribution in [0.3, 0.4) is 0 Å². The number of hydrogen-bond donors (Lipinski definition) is 1. The maximum Gasteiger partial charge on any atom is 0.359 e. The van der Waals surface area contributed by atoms with Gasteiger partial charge in [-0.25, -0.2) is 13.2 Å². The van der Waals surface area contributed by atoms with Gasteiger partial charge in [-0.15, -0.1) is 11.3 Å². The Bertz CT molecular complexity index is 1050. The summed E-state index contributed by atoms with van der Waals surface area (Å²) < 4.78 is 33.1. The smallest absolute Gasteiger partial charge is 0.359 e. The molecule has 0 saturated heterocycles. The van der Waals surface area contributed by atoms with E-state index in [1.807, 2.05) is 30.3 Å². The second-order valence-corrected chi connectivity index (χ2v) is 8.35. The molecule has 0 aliphatic carbocycles. The summed E-state index contributed by atoms with van der Waals surface area (Å²) in [6, 6.07) is 15.1. The number of thiophene rings is 1. The third kappa shape index (κ3) is 4.01. The summed E-state index contributed by atoms with van der Waals surface area (Å²) in [5, 5.41) is 3.09. The minimum absolute atomic E-state index is 0.0385. The van der Waals surface area contributed by atoms with Crippen molar-refractivity contribution in [3.63, 3.8) is 0 Å². The zero-order valence-corrected chi connectivity index (χ0v) is 16.6. The fourth-order valence-corrected chi connectivity index (χ4v) is 4.96. The molecule has 1 aromatic heterocycles. The Labute approximate surface area is 166 Å². The van der Waals surface area contributed by atoms with Crippen LogP contribution in [0.2, 0.25) is 0 Å². The van der Waals surface area contributed by atoms with Gasteiger partial charge in [0.1, 0.15) is 5.75 Å². The van der Waals surface area contributed by atoms with Crippen molar-refractivity contribution in [1.29, 1.82) is 0 Å². The van der Waals surface area contributed by atoms with E-state index in [4.69, 9.17) is 10.6 Å². The average Bonchev–Trinajstić information content (AvgIpc) is 3.21. The van der Waals surface area contributed by atoms with Gasteiger partial charge in [0.2, 0.25) is 0 Å². The van der Waals surface area contributed by atoms with Crippen molar-refractivity contribution in [3.05, 3.63) is 76.5 Å². The predicted octanol–water partition coefficient (Wildman–Crippen LogP) is 3.18. The molecule has 9 heteroatoms. The van der Waals surface area contributed by atoms with Crippen molar-refractivity contribution in [2.75, 3.05) is 11.4 Å². The number of carbonyl (C=O) groups excluding carboxylic acids is 1. The van der Waals surface area contributed by atoms with Crippen molar-refractivity contribution in [2.45, 2.75) is 11.4 Å². The molecule has 0 spiro atoms. The first kappa shape index (κ1) is 19.9. The third-order valence-electron chi connectivity index (χ3n) is 4.05. The van der Waals surface area contributed by atoms with Gasteiger partial charge >= 0.3 is 5.97 Å². The van der Waals surface area contributed by atoms with E-state index in [0.29, 0.717) is 5.75 Å². The minimum Gasteiger partial charge on any atom is -0.497 e. The molecule has 1 heterocycles. The van der Waals surface area contributed by atoms with Crippen molar-refractivity contribution >= 4 is 33.0 Å². The van der Waals surface area contributed by atoms with E-state index in [2.05, 4.69) is 4.84 Å². The van der Waals surface area contributed by atoms with E-state index in [1.165, 1.54) is 40.3 Å². The molecule has 0 unspecified atom stereocenters. The fraction of sp³-hybridized carbons (Fsp3) is 0.105. The van der Waals surface area contributed by atoms with E-state index in [-0.39, 0.29) is 22.7 Å². The first-order chi connectivity index (χ1) is 13.5. The first-order valence-electron chi connectivity index (χ1n) is 8.15. The Morgan fingerprint density at radius 3 is 2.36 bits per heavy atom. The topological polar surface area (TPSA) is 98.9 Å². The number of ether oxygens (including phenoxy) is 1. The van der Waals surface area contributed by atoms with Gasteiger partial charge in [-0.3, -0.25) is 4.31 Å². The lowest BCUT2D eigenvalue weighted by molar-refractivity contribution is 0.0505. The van der Waals surface area contributed by atoms with Crippen molar-refractivity contribution in [1.82, 2.24) is 0 Å². The van der Waals surface area contributed by atoms with Crippen LogP contribution in [0.5, 0.6) is 5.75 Å². The molecule has 3 rings (SSSR count). The molecule has 0 fully saturated rings. The quantitative estimate of drug-likeness (QED) is 0.592. The standard InChI is InChI=1S/C19H18N2O5S2/c1-25-15-7-9-16(10-8-15)28(23,24)21(11-14-5-3-2-4-6-14)18-13-27-12-17(18)19(22)26-20/h2-10,12-13H,11,20H2,1H3. The summed E-state index contributed by atoms with van der Waals surface area (Å²) in [4.78, 5) is 16.4. The fourth-order valence-electron chi connectivity index (χ4n) is 2.62. The molecule has 0 radical (unpaired) electrons. The van der Waals surface area contributed by atoms with Crippen LogP contribution in [0, 0.1) is 0 Å². The molecule has 0 bridgehead atoms. The molecular formula is C19H18N2O5S2. The normalized spacial score (nSPS) is 11.1. The number of methoxy groups -OCH3 is 1. The lowest BCUT2D eigenvalue weighted by atomic mass is 10.2. The highest BCUT2D eigenvalue weighted by Gasteiger charge is 2.30. The number of sulfonamides is 1. The lowest BCUT2D eigenvalue weighted by Crippen LogP contribution is -2.31. The molecule has 3 aromatic rings. The van der Waals surface area contributed by atoms with E-state index >= 15 is 0 Å². The van der Waals surface area contributed by atoms with E-state index in [9.17, 15) is 13.2 Å². The summed E-state index contributed by atoms with van der Waals surface area (Å²) in [6.45, 7) is 0.0385. The molecule has 146 valence electrons. The van der Waals surface area contributed by atoms with Gasteiger partial charge in [0.05, 0.1) is 29.8 Å². The van der Waals surface area contributed by atoms with E-state index in [1.54, 1.807) is 17.5 Å². The second-order valence-electron chi connectivity index (χ2n) is 5.75. The summed E-state index contributed by atoms with van der Waals surface area (Å²) in [7, 11) is -2.47. The van der Waals surface area contributed by atoms with Crippen LogP contribution in [0.1, 0.15) is 15.9 Å². The number of nitrogens with two attached hydrogens (primary N) is 1. The van der Waals surface area contributed by atoms with E-state index < -0.39 is 16.0 Å². The van der Waals surface area contributed by atoms with Gasteiger partial charge in [-0.05, 0) is 29.8 Å². The molecular weight excluding hydrogens is 400 g/mol. The molecule has 0 atom stereocenters. The van der Waals surface area contributed by atoms with Crippen LogP contribution in [-0.2, 0) is 21.4 Å². The largest absolute Gasteiger partial charge is 0.497 e.